The number of carbonyl (C=O) groups excluding carboxylic acids is 1. The van der Waals surface area contributed by atoms with Gasteiger partial charge in [0.15, 0.2) is 0 Å². The highest BCUT2D eigenvalue weighted by atomic mass is 16.6. The molecule has 4 heteroatoms. The first-order valence-corrected chi connectivity index (χ1v) is 21.7. The van der Waals surface area contributed by atoms with E-state index in [2.05, 4.69) is 98.9 Å². The topological polar surface area (TPSA) is 55.8 Å². The Morgan fingerprint density at radius 2 is 0.865 bits per heavy atom. The van der Waals surface area contributed by atoms with E-state index in [-0.39, 0.29) is 19.2 Å². The predicted octanol–water partition coefficient (Wildman–Crippen LogP) is 14.4. The van der Waals surface area contributed by atoms with Crippen LogP contribution in [0.2, 0.25) is 0 Å². The molecule has 0 aliphatic carbocycles. The summed E-state index contributed by atoms with van der Waals surface area (Å²) in [6.07, 6.45) is 62.1. The van der Waals surface area contributed by atoms with E-state index in [9.17, 15) is 9.90 Å². The van der Waals surface area contributed by atoms with Gasteiger partial charge in [0.25, 0.3) is 0 Å². The van der Waals surface area contributed by atoms with Crippen molar-refractivity contribution < 1.29 is 19.4 Å². The molecule has 4 nitrogen and oxygen atoms in total. The number of hydrogen-bond acceptors (Lipinski definition) is 4. The van der Waals surface area contributed by atoms with Crippen molar-refractivity contribution >= 4 is 5.97 Å². The minimum Gasteiger partial charge on any atom is -0.457 e. The molecule has 0 heterocycles. The van der Waals surface area contributed by atoms with Crippen molar-refractivity contribution in [3.63, 3.8) is 0 Å². The molecule has 0 aromatic carbocycles. The van der Waals surface area contributed by atoms with E-state index in [0.29, 0.717) is 13.0 Å². The van der Waals surface area contributed by atoms with Crippen LogP contribution < -0.4 is 0 Å². The van der Waals surface area contributed by atoms with Crippen molar-refractivity contribution in [2.24, 2.45) is 0 Å². The Kier molecular flexibility index (Phi) is 42.6. The lowest BCUT2D eigenvalue weighted by molar-refractivity contribution is -0.154. The molecule has 0 fully saturated rings. The SMILES string of the molecule is CC/C=C\C/C=C\C/C=C\C/C=C\C/C=C\CCCCCCCCCCOCC(CO)OC(=O)CCCCCCC/C=C\C/C=C\CCCCCC. The molecule has 0 saturated carbocycles. The maximum atomic E-state index is 12.2. The average Bonchev–Trinajstić information content (AvgIpc) is 3.15. The zero-order valence-corrected chi connectivity index (χ0v) is 34.0. The number of unbranched alkanes of at least 4 members (excludes halogenated alkanes) is 17. The van der Waals surface area contributed by atoms with Crippen LogP contribution in [0.3, 0.4) is 0 Å². The summed E-state index contributed by atoms with van der Waals surface area (Å²) in [7, 11) is 0. The first-order valence-electron chi connectivity index (χ1n) is 21.7. The van der Waals surface area contributed by atoms with Crippen molar-refractivity contribution in [1.82, 2.24) is 0 Å². The number of hydrogen-bond donors (Lipinski definition) is 1. The third kappa shape index (κ3) is 42.0. The molecular formula is C48H82O4. The van der Waals surface area contributed by atoms with Crippen LogP contribution in [0.5, 0.6) is 0 Å². The lowest BCUT2D eigenvalue weighted by Crippen LogP contribution is -2.27. The number of carbonyl (C=O) groups is 1. The quantitative estimate of drug-likeness (QED) is 0.0390. The Morgan fingerprint density at radius 3 is 1.31 bits per heavy atom. The number of rotatable bonds is 39. The number of ether oxygens (including phenoxy) is 2. The third-order valence-corrected chi connectivity index (χ3v) is 8.95. The van der Waals surface area contributed by atoms with Gasteiger partial charge in [-0.05, 0) is 89.9 Å². The Labute approximate surface area is 322 Å². The lowest BCUT2D eigenvalue weighted by atomic mass is 10.1. The van der Waals surface area contributed by atoms with Crippen molar-refractivity contribution in [2.45, 2.75) is 193 Å². The van der Waals surface area contributed by atoms with E-state index in [1.165, 1.54) is 89.9 Å². The monoisotopic (exact) mass is 723 g/mol. The minimum atomic E-state index is -0.551. The van der Waals surface area contributed by atoms with Crippen LogP contribution in [0.25, 0.3) is 0 Å². The molecule has 1 N–H and O–H groups in total. The van der Waals surface area contributed by atoms with Gasteiger partial charge in [0.05, 0.1) is 13.2 Å². The van der Waals surface area contributed by atoms with E-state index < -0.39 is 6.10 Å². The van der Waals surface area contributed by atoms with E-state index in [1.807, 2.05) is 0 Å². The second-order valence-electron chi connectivity index (χ2n) is 14.0. The molecule has 0 aromatic rings. The molecule has 1 unspecified atom stereocenters. The third-order valence-electron chi connectivity index (χ3n) is 8.95. The van der Waals surface area contributed by atoms with Crippen molar-refractivity contribution in [3.8, 4) is 0 Å². The van der Waals surface area contributed by atoms with Gasteiger partial charge in [-0.1, -0.05) is 176 Å². The molecule has 0 saturated heterocycles. The van der Waals surface area contributed by atoms with E-state index >= 15 is 0 Å². The fourth-order valence-corrected chi connectivity index (χ4v) is 5.74. The smallest absolute Gasteiger partial charge is 0.306 e. The van der Waals surface area contributed by atoms with Crippen LogP contribution >= 0.6 is 0 Å². The highest BCUT2D eigenvalue weighted by molar-refractivity contribution is 5.69. The molecular weight excluding hydrogens is 641 g/mol. The Balaban J connectivity index is 3.51. The molecule has 0 amide bonds. The Morgan fingerprint density at radius 1 is 0.481 bits per heavy atom. The van der Waals surface area contributed by atoms with Crippen LogP contribution in [0.4, 0.5) is 0 Å². The minimum absolute atomic E-state index is 0.185. The molecule has 52 heavy (non-hydrogen) atoms. The van der Waals surface area contributed by atoms with Gasteiger partial charge in [-0.3, -0.25) is 4.79 Å². The summed E-state index contributed by atoms with van der Waals surface area (Å²) in [5.41, 5.74) is 0. The molecule has 0 aliphatic heterocycles. The summed E-state index contributed by atoms with van der Waals surface area (Å²) < 4.78 is 11.1. The van der Waals surface area contributed by atoms with E-state index in [0.717, 1.165) is 77.0 Å². The predicted molar refractivity (Wildman–Crippen MR) is 228 cm³/mol. The summed E-state index contributed by atoms with van der Waals surface area (Å²) in [5, 5.41) is 9.60. The summed E-state index contributed by atoms with van der Waals surface area (Å²) in [6.45, 7) is 5.17. The molecule has 0 aromatic heterocycles. The highest BCUT2D eigenvalue weighted by Gasteiger charge is 2.13. The molecule has 0 rings (SSSR count). The maximum Gasteiger partial charge on any atom is 0.306 e. The number of allylic oxidation sites excluding steroid dienone is 14. The van der Waals surface area contributed by atoms with Gasteiger partial charge in [0.2, 0.25) is 0 Å². The summed E-state index contributed by atoms with van der Waals surface area (Å²) in [4.78, 5) is 12.2. The fourth-order valence-electron chi connectivity index (χ4n) is 5.74. The molecule has 0 bridgehead atoms. The van der Waals surface area contributed by atoms with Crippen molar-refractivity contribution in [3.05, 3.63) is 85.1 Å². The summed E-state index contributed by atoms with van der Waals surface area (Å²) in [6, 6.07) is 0. The number of esters is 1. The number of aliphatic hydroxyl groups excluding tert-OH is 1. The first kappa shape index (κ1) is 49.6. The lowest BCUT2D eigenvalue weighted by Gasteiger charge is -2.15. The Bertz CT molecular complexity index is 938. The van der Waals surface area contributed by atoms with Crippen LogP contribution in [-0.2, 0) is 14.3 Å². The van der Waals surface area contributed by atoms with Gasteiger partial charge in [0.1, 0.15) is 6.10 Å². The zero-order chi connectivity index (χ0) is 37.7. The largest absolute Gasteiger partial charge is 0.457 e. The van der Waals surface area contributed by atoms with Gasteiger partial charge >= 0.3 is 5.97 Å². The molecule has 0 aliphatic rings. The summed E-state index contributed by atoms with van der Waals surface area (Å²) >= 11 is 0. The van der Waals surface area contributed by atoms with Gasteiger partial charge < -0.3 is 14.6 Å². The second kappa shape index (κ2) is 44.7. The average molecular weight is 723 g/mol. The first-order chi connectivity index (χ1) is 25.7. The van der Waals surface area contributed by atoms with Gasteiger partial charge in [-0.25, -0.2) is 0 Å². The van der Waals surface area contributed by atoms with Crippen LogP contribution in [0.15, 0.2) is 85.1 Å². The highest BCUT2D eigenvalue weighted by Crippen LogP contribution is 2.12. The fraction of sp³-hybridized carbons (Fsp3) is 0.688. The van der Waals surface area contributed by atoms with E-state index in [4.69, 9.17) is 9.47 Å². The second-order valence-corrected chi connectivity index (χ2v) is 14.0. The number of aliphatic hydroxyl groups is 1. The van der Waals surface area contributed by atoms with Gasteiger partial charge in [-0.2, -0.15) is 0 Å². The Hall–Kier alpha value is -2.43. The molecule has 298 valence electrons. The zero-order valence-electron chi connectivity index (χ0n) is 34.0. The molecule has 1 atom stereocenters. The maximum absolute atomic E-state index is 12.2. The van der Waals surface area contributed by atoms with Gasteiger partial charge in [-0.15, -0.1) is 0 Å². The van der Waals surface area contributed by atoms with Crippen LogP contribution in [-0.4, -0.2) is 37.0 Å². The van der Waals surface area contributed by atoms with Crippen molar-refractivity contribution in [2.75, 3.05) is 19.8 Å². The van der Waals surface area contributed by atoms with Crippen LogP contribution in [0, 0.1) is 0 Å². The molecule has 0 radical (unpaired) electrons. The molecule has 0 spiro atoms. The van der Waals surface area contributed by atoms with Crippen molar-refractivity contribution in [1.29, 1.82) is 0 Å². The van der Waals surface area contributed by atoms with E-state index in [1.54, 1.807) is 0 Å². The standard InChI is InChI=1S/C48H82O4/c1-3-5-7-9-11-13-15-17-19-21-22-23-24-25-26-27-28-30-32-34-36-38-40-42-44-51-46-47(45-49)52-48(50)43-41-39-37-35-33-31-29-20-18-16-14-12-10-8-6-4-2/h5,7,11,13-14,16-17,19-20,22-23,25-26,29,47,49H,3-4,6,8-10,12,15,18,21,24,27-28,30-46H2,1-2H3/b7-5-,13-11-,16-14-,19-17-,23-22-,26-25-,29-20-. The van der Waals surface area contributed by atoms with Crippen LogP contribution in [0.1, 0.15) is 187 Å². The van der Waals surface area contributed by atoms with Gasteiger partial charge in [0, 0.05) is 13.0 Å². The summed E-state index contributed by atoms with van der Waals surface area (Å²) in [5.74, 6) is -0.220. The normalized spacial score (nSPS) is 13.2.